The number of carbonyl (C=O) groups is 2. The first-order chi connectivity index (χ1) is 12.8. The molecule has 0 amide bonds. The van der Waals surface area contributed by atoms with E-state index in [4.69, 9.17) is 18.6 Å². The maximum atomic E-state index is 12.0. The number of cyclic esters (lactones) is 2. The Bertz CT molecular complexity index is 894. The zero-order chi connectivity index (χ0) is 19.6. The van der Waals surface area contributed by atoms with Gasteiger partial charge in [-0.15, -0.1) is 10.2 Å². The minimum atomic E-state index is -1.29. The first-order valence-electron chi connectivity index (χ1n) is 8.27. The van der Waals surface area contributed by atoms with Crippen LogP contribution in [0.1, 0.15) is 26.7 Å². The Morgan fingerprint density at radius 1 is 1.19 bits per heavy atom. The van der Waals surface area contributed by atoms with Gasteiger partial charge in [0.15, 0.2) is 5.57 Å². The fourth-order valence-corrected chi connectivity index (χ4v) is 2.40. The molecule has 0 unspecified atom stereocenters. The summed E-state index contributed by atoms with van der Waals surface area (Å²) >= 11 is 0. The van der Waals surface area contributed by atoms with Gasteiger partial charge < -0.3 is 23.9 Å². The highest BCUT2D eigenvalue weighted by molar-refractivity contribution is 6.15. The molecule has 0 bridgehead atoms. The average Bonchev–Trinajstić information content (AvgIpc) is 3.09. The molecule has 0 aliphatic carbocycles. The van der Waals surface area contributed by atoms with Gasteiger partial charge in [-0.1, -0.05) is 6.92 Å². The summed E-state index contributed by atoms with van der Waals surface area (Å²) < 4.78 is 21.0. The summed E-state index contributed by atoms with van der Waals surface area (Å²) in [5.74, 6) is -1.48. The van der Waals surface area contributed by atoms with Crippen LogP contribution >= 0.6 is 0 Å². The molecule has 27 heavy (non-hydrogen) atoms. The second-order valence-electron chi connectivity index (χ2n) is 6.15. The van der Waals surface area contributed by atoms with Crippen LogP contribution in [0.15, 0.2) is 34.4 Å². The standard InChI is InChI=1S/C18H19N3O6/c1-5-14-20-21-15(25-14)10-6-7-13(24-4)12(8-10)19-9-11-16(22)26-18(2,3)27-17(11)23/h6-9,19H,5H2,1-4H3. The number of aryl methyl sites for hydroxylation is 1. The molecule has 1 N–H and O–H groups in total. The van der Waals surface area contributed by atoms with Crippen LogP contribution < -0.4 is 10.1 Å². The number of rotatable bonds is 5. The van der Waals surface area contributed by atoms with Gasteiger partial charge in [0.2, 0.25) is 11.8 Å². The Labute approximate surface area is 155 Å². The van der Waals surface area contributed by atoms with Gasteiger partial charge >= 0.3 is 11.9 Å². The van der Waals surface area contributed by atoms with Crippen molar-refractivity contribution < 1.29 is 28.2 Å². The lowest BCUT2D eigenvalue weighted by atomic mass is 10.1. The van der Waals surface area contributed by atoms with E-state index in [1.54, 1.807) is 18.2 Å². The monoisotopic (exact) mass is 373 g/mol. The number of hydrogen-bond acceptors (Lipinski definition) is 9. The molecule has 1 saturated heterocycles. The lowest BCUT2D eigenvalue weighted by Gasteiger charge is -2.29. The van der Waals surface area contributed by atoms with Gasteiger partial charge in [0.1, 0.15) is 5.75 Å². The van der Waals surface area contributed by atoms with Crippen LogP contribution in [-0.4, -0.2) is 35.0 Å². The van der Waals surface area contributed by atoms with Gasteiger partial charge in [-0.3, -0.25) is 0 Å². The lowest BCUT2D eigenvalue weighted by Crippen LogP contribution is -2.42. The van der Waals surface area contributed by atoms with Crippen molar-refractivity contribution in [2.75, 3.05) is 12.4 Å². The van der Waals surface area contributed by atoms with Gasteiger partial charge in [0.25, 0.3) is 5.79 Å². The van der Waals surface area contributed by atoms with Crippen LogP contribution in [0.25, 0.3) is 11.5 Å². The molecule has 142 valence electrons. The normalized spacial score (nSPS) is 15.8. The maximum absolute atomic E-state index is 12.0. The molecular formula is C18H19N3O6. The summed E-state index contributed by atoms with van der Waals surface area (Å²) in [6.07, 6.45) is 1.84. The number of benzene rings is 1. The summed E-state index contributed by atoms with van der Waals surface area (Å²) in [4.78, 5) is 24.0. The number of ether oxygens (including phenoxy) is 3. The fraction of sp³-hybridized carbons (Fsp3) is 0.333. The number of carbonyl (C=O) groups excluding carboxylic acids is 2. The largest absolute Gasteiger partial charge is 0.495 e. The molecule has 2 aromatic rings. The fourth-order valence-electron chi connectivity index (χ4n) is 2.40. The minimum absolute atomic E-state index is 0.257. The Balaban J connectivity index is 1.88. The average molecular weight is 373 g/mol. The molecule has 1 aliphatic heterocycles. The van der Waals surface area contributed by atoms with Gasteiger partial charge in [-0.25, -0.2) is 9.59 Å². The number of esters is 2. The zero-order valence-corrected chi connectivity index (χ0v) is 15.4. The van der Waals surface area contributed by atoms with Gasteiger partial charge in [-0.05, 0) is 18.2 Å². The van der Waals surface area contributed by atoms with Gasteiger partial charge in [-0.2, -0.15) is 0 Å². The van der Waals surface area contributed by atoms with E-state index in [0.717, 1.165) is 0 Å². The first kappa shape index (κ1) is 18.4. The molecule has 0 atom stereocenters. The minimum Gasteiger partial charge on any atom is -0.495 e. The van der Waals surface area contributed by atoms with Crippen molar-refractivity contribution in [2.45, 2.75) is 33.0 Å². The van der Waals surface area contributed by atoms with Crippen molar-refractivity contribution in [3.63, 3.8) is 0 Å². The summed E-state index contributed by atoms with van der Waals surface area (Å²) in [5, 5.41) is 10.8. The summed E-state index contributed by atoms with van der Waals surface area (Å²) in [6, 6.07) is 5.16. The van der Waals surface area contributed by atoms with Crippen molar-refractivity contribution >= 4 is 17.6 Å². The maximum Gasteiger partial charge on any atom is 0.350 e. The molecule has 0 spiro atoms. The second-order valence-corrected chi connectivity index (χ2v) is 6.15. The van der Waals surface area contributed by atoms with E-state index < -0.39 is 17.7 Å². The molecule has 9 nitrogen and oxygen atoms in total. The molecule has 9 heteroatoms. The van der Waals surface area contributed by atoms with Crippen LogP contribution in [0.3, 0.4) is 0 Å². The van der Waals surface area contributed by atoms with Crippen LogP contribution in [0.5, 0.6) is 5.75 Å². The molecule has 0 saturated carbocycles. The molecule has 1 fully saturated rings. The van der Waals surface area contributed by atoms with E-state index in [9.17, 15) is 9.59 Å². The molecule has 0 radical (unpaired) electrons. The van der Waals surface area contributed by atoms with E-state index in [1.165, 1.54) is 27.2 Å². The molecular weight excluding hydrogens is 354 g/mol. The van der Waals surface area contributed by atoms with E-state index in [2.05, 4.69) is 15.5 Å². The predicted molar refractivity (Wildman–Crippen MR) is 93.6 cm³/mol. The highest BCUT2D eigenvalue weighted by atomic mass is 16.7. The third-order valence-corrected chi connectivity index (χ3v) is 3.70. The first-order valence-corrected chi connectivity index (χ1v) is 8.27. The smallest absolute Gasteiger partial charge is 0.350 e. The molecule has 1 aliphatic rings. The number of nitrogens with zero attached hydrogens (tertiary/aromatic N) is 2. The van der Waals surface area contributed by atoms with E-state index >= 15 is 0 Å². The Morgan fingerprint density at radius 2 is 1.89 bits per heavy atom. The quantitative estimate of drug-likeness (QED) is 0.479. The topological polar surface area (TPSA) is 113 Å². The van der Waals surface area contributed by atoms with Crippen molar-refractivity contribution in [2.24, 2.45) is 0 Å². The zero-order valence-electron chi connectivity index (χ0n) is 15.4. The lowest BCUT2D eigenvalue weighted by molar-refractivity contribution is -0.222. The van der Waals surface area contributed by atoms with Crippen molar-refractivity contribution in [1.82, 2.24) is 10.2 Å². The van der Waals surface area contributed by atoms with E-state index in [0.29, 0.717) is 35.2 Å². The third-order valence-electron chi connectivity index (χ3n) is 3.70. The molecule has 2 heterocycles. The van der Waals surface area contributed by atoms with E-state index in [1.807, 2.05) is 6.92 Å². The molecule has 3 rings (SSSR count). The number of methoxy groups -OCH3 is 1. The predicted octanol–water partition coefficient (Wildman–Crippen LogP) is 2.44. The van der Waals surface area contributed by atoms with Crippen molar-refractivity contribution in [1.29, 1.82) is 0 Å². The molecule has 1 aromatic carbocycles. The van der Waals surface area contributed by atoms with Crippen LogP contribution in [0.2, 0.25) is 0 Å². The highest BCUT2D eigenvalue weighted by Crippen LogP contribution is 2.31. The van der Waals surface area contributed by atoms with Crippen LogP contribution in [0, 0.1) is 0 Å². The second kappa shape index (κ2) is 7.10. The SMILES string of the molecule is CCc1nnc(-c2ccc(OC)c(NC=C3C(=O)OC(C)(C)OC3=O)c2)o1. The van der Waals surface area contributed by atoms with Crippen molar-refractivity contribution in [3.05, 3.63) is 35.9 Å². The van der Waals surface area contributed by atoms with Gasteiger partial charge in [0.05, 0.1) is 12.8 Å². The number of anilines is 1. The summed E-state index contributed by atoms with van der Waals surface area (Å²) in [6.45, 7) is 4.87. The highest BCUT2D eigenvalue weighted by Gasteiger charge is 2.39. The summed E-state index contributed by atoms with van der Waals surface area (Å²) in [5.41, 5.74) is 0.885. The molecule has 1 aromatic heterocycles. The Kier molecular flexibility index (Phi) is 4.85. The third kappa shape index (κ3) is 3.91. The number of hydrogen-bond donors (Lipinski definition) is 1. The summed E-state index contributed by atoms with van der Waals surface area (Å²) in [7, 11) is 1.50. The van der Waals surface area contributed by atoms with E-state index in [-0.39, 0.29) is 5.57 Å². The number of nitrogens with one attached hydrogen (secondary N) is 1. The Morgan fingerprint density at radius 3 is 2.48 bits per heavy atom. The van der Waals surface area contributed by atoms with Crippen molar-refractivity contribution in [3.8, 4) is 17.2 Å². The van der Waals surface area contributed by atoms with Crippen LogP contribution in [-0.2, 0) is 25.5 Å². The van der Waals surface area contributed by atoms with Gasteiger partial charge in [0, 0.05) is 32.0 Å². The number of aromatic nitrogens is 2. The Hall–Kier alpha value is -3.36. The van der Waals surface area contributed by atoms with Crippen LogP contribution in [0.4, 0.5) is 5.69 Å².